The number of nitrogens with zero attached hydrogens (tertiary/aromatic N) is 4. The molecule has 7 nitrogen and oxygen atoms in total. The van der Waals surface area contributed by atoms with Gasteiger partial charge in [0.2, 0.25) is 5.91 Å². The molecule has 1 aliphatic heterocycles. The minimum atomic E-state index is -0.302. The van der Waals surface area contributed by atoms with Gasteiger partial charge in [0.1, 0.15) is 11.9 Å². The van der Waals surface area contributed by atoms with E-state index in [0.29, 0.717) is 13.0 Å². The molecule has 0 unspecified atom stereocenters. The van der Waals surface area contributed by atoms with Crippen molar-refractivity contribution in [2.45, 2.75) is 51.6 Å². The number of rotatable bonds is 6. The molecule has 3 heterocycles. The molecular formula is C20H26N6O. The second kappa shape index (κ2) is 7.89. The van der Waals surface area contributed by atoms with Gasteiger partial charge in [0.05, 0.1) is 18.3 Å². The van der Waals surface area contributed by atoms with E-state index in [0.717, 1.165) is 35.6 Å². The van der Waals surface area contributed by atoms with Crippen molar-refractivity contribution >= 4 is 5.91 Å². The normalized spacial score (nSPS) is 17.1. The number of nitriles is 1. The Kier molecular flexibility index (Phi) is 5.57. The number of aryl methyl sites for hydroxylation is 1. The van der Waals surface area contributed by atoms with Gasteiger partial charge in [0.15, 0.2) is 0 Å². The topological polar surface area (TPSA) is 97.7 Å². The Bertz CT molecular complexity index is 836. The van der Waals surface area contributed by atoms with Gasteiger partial charge in [-0.05, 0) is 45.7 Å². The van der Waals surface area contributed by atoms with E-state index in [9.17, 15) is 4.79 Å². The number of aromatic amines is 1. The summed E-state index contributed by atoms with van der Waals surface area (Å²) in [6.07, 6.45) is 5.88. The maximum absolute atomic E-state index is 12.5. The zero-order valence-electron chi connectivity index (χ0n) is 16.1. The fraction of sp³-hybridized carbons (Fsp3) is 0.500. The molecule has 1 aliphatic rings. The number of imidazole rings is 1. The average Bonchev–Trinajstić information content (AvgIpc) is 3.27. The summed E-state index contributed by atoms with van der Waals surface area (Å²) < 4.78 is 0. The van der Waals surface area contributed by atoms with E-state index in [1.165, 1.54) is 0 Å². The van der Waals surface area contributed by atoms with Crippen molar-refractivity contribution in [3.05, 3.63) is 35.9 Å². The predicted octanol–water partition coefficient (Wildman–Crippen LogP) is 2.21. The van der Waals surface area contributed by atoms with Crippen LogP contribution in [-0.4, -0.2) is 50.4 Å². The van der Waals surface area contributed by atoms with Crippen molar-refractivity contribution in [2.24, 2.45) is 0 Å². The van der Waals surface area contributed by atoms with Crippen molar-refractivity contribution in [1.29, 1.82) is 5.26 Å². The molecule has 0 radical (unpaired) electrons. The molecule has 1 amide bonds. The molecule has 0 aliphatic carbocycles. The summed E-state index contributed by atoms with van der Waals surface area (Å²) >= 11 is 0. The number of pyridine rings is 1. The van der Waals surface area contributed by atoms with Gasteiger partial charge < -0.3 is 15.2 Å². The molecule has 0 saturated carbocycles. The highest BCUT2D eigenvalue weighted by Crippen LogP contribution is 2.21. The molecule has 2 aromatic heterocycles. The largest absolute Gasteiger partial charge is 0.342 e. The van der Waals surface area contributed by atoms with Crippen LogP contribution in [0.3, 0.4) is 0 Å². The second-order valence-corrected chi connectivity index (χ2v) is 7.69. The lowest BCUT2D eigenvalue weighted by Crippen LogP contribution is -2.48. The zero-order chi connectivity index (χ0) is 19.4. The van der Waals surface area contributed by atoms with Crippen molar-refractivity contribution in [3.8, 4) is 17.5 Å². The molecule has 3 rings (SSSR count). The number of amides is 1. The van der Waals surface area contributed by atoms with Crippen LogP contribution in [0.1, 0.15) is 38.1 Å². The molecular weight excluding hydrogens is 340 g/mol. The summed E-state index contributed by atoms with van der Waals surface area (Å²) in [5.41, 5.74) is 2.63. The quantitative estimate of drug-likeness (QED) is 0.817. The monoisotopic (exact) mass is 366 g/mol. The van der Waals surface area contributed by atoms with E-state index >= 15 is 0 Å². The van der Waals surface area contributed by atoms with Crippen LogP contribution in [0.15, 0.2) is 24.5 Å². The van der Waals surface area contributed by atoms with Crippen molar-refractivity contribution < 1.29 is 4.79 Å². The highest BCUT2D eigenvalue weighted by Gasteiger charge is 2.30. The third kappa shape index (κ3) is 4.52. The van der Waals surface area contributed by atoms with E-state index in [1.807, 2.05) is 19.1 Å². The third-order valence-corrected chi connectivity index (χ3v) is 4.97. The van der Waals surface area contributed by atoms with E-state index in [1.54, 1.807) is 17.3 Å². The Morgan fingerprint density at radius 2 is 2.33 bits per heavy atom. The number of H-pyrrole nitrogens is 1. The number of nitrogens with one attached hydrogen (secondary N) is 2. The summed E-state index contributed by atoms with van der Waals surface area (Å²) in [6.45, 7) is 7.02. The number of carbonyl (C=O) groups excluding carboxylic acids is 1. The van der Waals surface area contributed by atoms with Gasteiger partial charge in [-0.2, -0.15) is 5.26 Å². The predicted molar refractivity (Wildman–Crippen MR) is 103 cm³/mol. The van der Waals surface area contributed by atoms with Gasteiger partial charge in [-0.15, -0.1) is 0 Å². The fourth-order valence-electron chi connectivity index (χ4n) is 3.41. The van der Waals surface area contributed by atoms with E-state index in [-0.39, 0.29) is 24.0 Å². The molecule has 0 aromatic carbocycles. The Hall–Kier alpha value is -2.72. The first kappa shape index (κ1) is 19.1. The number of likely N-dealkylation sites (tertiary alicyclic amines) is 1. The first-order valence-corrected chi connectivity index (χ1v) is 9.29. The van der Waals surface area contributed by atoms with Crippen LogP contribution >= 0.6 is 0 Å². The van der Waals surface area contributed by atoms with Crippen molar-refractivity contribution in [2.75, 3.05) is 13.1 Å². The smallest absolute Gasteiger partial charge is 0.237 e. The van der Waals surface area contributed by atoms with E-state index < -0.39 is 0 Å². The fourth-order valence-corrected chi connectivity index (χ4v) is 3.41. The SMILES string of the molecule is Cc1[nH]c(-c2cccnc2)nc1CC(C)(C)NCC(=O)N1CCC[C@H]1C#N. The van der Waals surface area contributed by atoms with Gasteiger partial charge in [-0.25, -0.2) is 4.98 Å². The van der Waals surface area contributed by atoms with Gasteiger partial charge in [0.25, 0.3) is 0 Å². The molecule has 1 fully saturated rings. The average molecular weight is 366 g/mol. The summed E-state index contributed by atoms with van der Waals surface area (Å²) in [5.74, 6) is 0.790. The Morgan fingerprint density at radius 3 is 3.04 bits per heavy atom. The molecule has 142 valence electrons. The molecule has 7 heteroatoms. The minimum absolute atomic E-state index is 0.0121. The number of hydrogen-bond donors (Lipinski definition) is 2. The minimum Gasteiger partial charge on any atom is -0.342 e. The van der Waals surface area contributed by atoms with Crippen LogP contribution in [0.5, 0.6) is 0 Å². The molecule has 2 N–H and O–H groups in total. The lowest BCUT2D eigenvalue weighted by Gasteiger charge is -2.28. The van der Waals surface area contributed by atoms with Crippen LogP contribution in [0.4, 0.5) is 0 Å². The zero-order valence-corrected chi connectivity index (χ0v) is 16.1. The third-order valence-electron chi connectivity index (χ3n) is 4.97. The first-order chi connectivity index (χ1) is 12.9. The molecule has 2 aromatic rings. The van der Waals surface area contributed by atoms with E-state index in [4.69, 9.17) is 10.2 Å². The van der Waals surface area contributed by atoms with E-state index in [2.05, 4.69) is 35.2 Å². The van der Waals surface area contributed by atoms with Crippen LogP contribution in [0.2, 0.25) is 0 Å². The van der Waals surface area contributed by atoms with Gasteiger partial charge in [-0.1, -0.05) is 0 Å². The highest BCUT2D eigenvalue weighted by atomic mass is 16.2. The van der Waals surface area contributed by atoms with Gasteiger partial charge >= 0.3 is 0 Å². The van der Waals surface area contributed by atoms with Gasteiger partial charge in [-0.3, -0.25) is 9.78 Å². The number of aromatic nitrogens is 3. The Balaban J connectivity index is 1.62. The maximum Gasteiger partial charge on any atom is 0.237 e. The molecule has 0 spiro atoms. The number of hydrogen-bond acceptors (Lipinski definition) is 5. The van der Waals surface area contributed by atoms with Gasteiger partial charge in [0, 0.05) is 42.2 Å². The van der Waals surface area contributed by atoms with Crippen LogP contribution < -0.4 is 5.32 Å². The highest BCUT2D eigenvalue weighted by molar-refractivity contribution is 5.79. The van der Waals surface area contributed by atoms with Crippen LogP contribution in [0, 0.1) is 18.3 Å². The lowest BCUT2D eigenvalue weighted by molar-refractivity contribution is -0.130. The molecule has 1 saturated heterocycles. The second-order valence-electron chi connectivity index (χ2n) is 7.69. The summed E-state index contributed by atoms with van der Waals surface area (Å²) in [4.78, 5) is 26.3. The Morgan fingerprint density at radius 1 is 1.52 bits per heavy atom. The molecule has 27 heavy (non-hydrogen) atoms. The number of carbonyl (C=O) groups is 1. The van der Waals surface area contributed by atoms with Crippen LogP contribution in [0.25, 0.3) is 11.4 Å². The molecule has 0 bridgehead atoms. The standard InChI is InChI=1S/C20H26N6O/c1-14-17(25-19(24-14)15-6-4-8-22-12-15)10-20(2,3)23-13-18(27)26-9-5-7-16(26)11-21/h4,6,8,12,16,23H,5,7,9-10,13H2,1-3H3,(H,24,25)/t16-/m0/s1. The molecule has 1 atom stereocenters. The Labute approximate surface area is 159 Å². The summed E-state index contributed by atoms with van der Waals surface area (Å²) in [7, 11) is 0. The summed E-state index contributed by atoms with van der Waals surface area (Å²) in [5, 5.41) is 12.5. The lowest BCUT2D eigenvalue weighted by atomic mass is 9.97. The van der Waals surface area contributed by atoms with Crippen molar-refractivity contribution in [1.82, 2.24) is 25.2 Å². The first-order valence-electron chi connectivity index (χ1n) is 9.29. The maximum atomic E-state index is 12.5. The summed E-state index contributed by atoms with van der Waals surface area (Å²) in [6, 6.07) is 5.79. The van der Waals surface area contributed by atoms with Crippen LogP contribution in [-0.2, 0) is 11.2 Å². The van der Waals surface area contributed by atoms with Crippen molar-refractivity contribution in [3.63, 3.8) is 0 Å².